The van der Waals surface area contributed by atoms with Gasteiger partial charge in [0, 0.05) is 18.0 Å². The van der Waals surface area contributed by atoms with Gasteiger partial charge in [-0.05, 0) is 61.8 Å². The first-order chi connectivity index (χ1) is 15.0. The van der Waals surface area contributed by atoms with Crippen LogP contribution in [0.15, 0.2) is 34.2 Å². The van der Waals surface area contributed by atoms with Crippen LogP contribution in [0.25, 0.3) is 10.2 Å². The van der Waals surface area contributed by atoms with E-state index in [0.717, 1.165) is 40.6 Å². The van der Waals surface area contributed by atoms with E-state index in [0.29, 0.717) is 30.6 Å². The standard InChI is InChI=1S/C23H26FN3O2S2/c1-3-25-19(28)13-30-23-26-21-20(17-9-4-14(2)12-18(17)31-21)22(29)27(23)11-10-15-5-7-16(24)8-6-15/h5-8,14H,3-4,9-13H2,1-2H3,(H,25,28). The van der Waals surface area contributed by atoms with Crippen LogP contribution in [0.4, 0.5) is 4.39 Å². The highest BCUT2D eigenvalue weighted by Crippen LogP contribution is 2.36. The zero-order valence-corrected chi connectivity index (χ0v) is 19.4. The summed E-state index contributed by atoms with van der Waals surface area (Å²) < 4.78 is 14.9. The van der Waals surface area contributed by atoms with Crippen LogP contribution in [-0.2, 0) is 30.6 Å². The molecule has 8 heteroatoms. The minimum atomic E-state index is -0.277. The monoisotopic (exact) mass is 459 g/mol. The number of amides is 1. The van der Waals surface area contributed by atoms with Gasteiger partial charge in [0.05, 0.1) is 11.1 Å². The maximum atomic E-state index is 13.6. The number of rotatable bonds is 7. The second kappa shape index (κ2) is 9.53. The van der Waals surface area contributed by atoms with Crippen molar-refractivity contribution in [3.63, 3.8) is 0 Å². The highest BCUT2D eigenvalue weighted by Gasteiger charge is 2.25. The first-order valence-corrected chi connectivity index (χ1v) is 12.5. The summed E-state index contributed by atoms with van der Waals surface area (Å²) in [6, 6.07) is 6.34. The minimum absolute atomic E-state index is 0.0300. The molecule has 1 unspecified atom stereocenters. The summed E-state index contributed by atoms with van der Waals surface area (Å²) in [5.74, 6) is 0.477. The number of nitrogens with one attached hydrogen (secondary N) is 1. The van der Waals surface area contributed by atoms with Gasteiger partial charge in [0.15, 0.2) is 5.16 Å². The normalized spacial score (nSPS) is 15.8. The molecule has 5 nitrogen and oxygen atoms in total. The topological polar surface area (TPSA) is 64.0 Å². The number of fused-ring (bicyclic) bond motifs is 3. The van der Waals surface area contributed by atoms with Crippen LogP contribution in [0.2, 0.25) is 0 Å². The lowest BCUT2D eigenvalue weighted by Crippen LogP contribution is -2.27. The summed E-state index contributed by atoms with van der Waals surface area (Å²) in [5.41, 5.74) is 2.08. The van der Waals surface area contributed by atoms with Gasteiger partial charge in [-0.3, -0.25) is 14.2 Å². The van der Waals surface area contributed by atoms with E-state index in [9.17, 15) is 14.0 Å². The summed E-state index contributed by atoms with van der Waals surface area (Å²) in [5, 5.41) is 4.10. The van der Waals surface area contributed by atoms with Crippen LogP contribution in [0.3, 0.4) is 0 Å². The average molecular weight is 460 g/mol. The molecule has 2 aromatic heterocycles. The first-order valence-electron chi connectivity index (χ1n) is 10.6. The Morgan fingerprint density at radius 3 is 2.87 bits per heavy atom. The maximum Gasteiger partial charge on any atom is 0.263 e. The molecule has 0 spiro atoms. The van der Waals surface area contributed by atoms with Crippen molar-refractivity contribution in [2.24, 2.45) is 5.92 Å². The van der Waals surface area contributed by atoms with E-state index in [1.54, 1.807) is 28.0 Å². The zero-order valence-electron chi connectivity index (χ0n) is 17.7. The van der Waals surface area contributed by atoms with Crippen LogP contribution >= 0.6 is 23.1 Å². The molecule has 1 N–H and O–H groups in total. The van der Waals surface area contributed by atoms with Gasteiger partial charge in [0.25, 0.3) is 5.56 Å². The largest absolute Gasteiger partial charge is 0.356 e. The molecular weight excluding hydrogens is 433 g/mol. The van der Waals surface area contributed by atoms with E-state index in [-0.39, 0.29) is 23.0 Å². The van der Waals surface area contributed by atoms with E-state index in [1.807, 2.05) is 6.92 Å². The molecule has 164 valence electrons. The number of thioether (sulfide) groups is 1. The van der Waals surface area contributed by atoms with Crippen molar-refractivity contribution < 1.29 is 9.18 Å². The van der Waals surface area contributed by atoms with E-state index in [1.165, 1.54) is 28.8 Å². The smallest absolute Gasteiger partial charge is 0.263 e. The Balaban J connectivity index is 1.71. The Bertz CT molecular complexity index is 1150. The molecule has 3 aromatic rings. The molecule has 0 aliphatic heterocycles. The third-order valence-corrected chi connectivity index (χ3v) is 7.75. The third-order valence-electron chi connectivity index (χ3n) is 5.62. The predicted octanol–water partition coefficient (Wildman–Crippen LogP) is 4.19. The average Bonchev–Trinajstić information content (AvgIpc) is 3.10. The van der Waals surface area contributed by atoms with E-state index >= 15 is 0 Å². The molecule has 0 radical (unpaired) electrons. The number of hydrogen-bond acceptors (Lipinski definition) is 5. The second-order valence-corrected chi connectivity index (χ2v) is 10.0. The van der Waals surface area contributed by atoms with E-state index in [4.69, 9.17) is 4.98 Å². The van der Waals surface area contributed by atoms with Gasteiger partial charge < -0.3 is 5.32 Å². The summed E-state index contributed by atoms with van der Waals surface area (Å²) >= 11 is 2.92. The second-order valence-electron chi connectivity index (χ2n) is 8.00. The number of aryl methyl sites for hydroxylation is 2. The molecule has 1 amide bonds. The number of hydrogen-bond donors (Lipinski definition) is 1. The molecular formula is C23H26FN3O2S2. The highest BCUT2D eigenvalue weighted by molar-refractivity contribution is 7.99. The van der Waals surface area contributed by atoms with Gasteiger partial charge in [-0.15, -0.1) is 11.3 Å². The molecule has 0 bridgehead atoms. The van der Waals surface area contributed by atoms with Crippen molar-refractivity contribution in [1.82, 2.24) is 14.9 Å². The number of aromatic nitrogens is 2. The Labute approximate surface area is 189 Å². The number of thiophene rings is 1. The molecule has 0 saturated carbocycles. The molecule has 1 aliphatic rings. The Kier molecular flexibility index (Phi) is 6.77. The predicted molar refractivity (Wildman–Crippen MR) is 125 cm³/mol. The van der Waals surface area contributed by atoms with Crippen molar-refractivity contribution in [3.05, 3.63) is 56.4 Å². The number of benzene rings is 1. The van der Waals surface area contributed by atoms with Gasteiger partial charge in [0.2, 0.25) is 5.91 Å². The fourth-order valence-corrected chi connectivity index (χ4v) is 6.26. The fraction of sp³-hybridized carbons (Fsp3) is 0.435. The molecule has 1 aromatic carbocycles. The van der Waals surface area contributed by atoms with Crippen LogP contribution in [0, 0.1) is 11.7 Å². The molecule has 1 atom stereocenters. The van der Waals surface area contributed by atoms with Crippen LogP contribution in [-0.4, -0.2) is 27.8 Å². The number of carbonyl (C=O) groups excluding carboxylic acids is 1. The lowest BCUT2D eigenvalue weighted by Gasteiger charge is -2.17. The minimum Gasteiger partial charge on any atom is -0.356 e. The SMILES string of the molecule is CCNC(=O)CSc1nc2sc3c(c2c(=O)n1CCc1ccc(F)cc1)CCC(C)C3. The van der Waals surface area contributed by atoms with Crippen molar-refractivity contribution in [1.29, 1.82) is 0 Å². The molecule has 0 fully saturated rings. The highest BCUT2D eigenvalue weighted by atomic mass is 32.2. The van der Waals surface area contributed by atoms with Gasteiger partial charge in [-0.25, -0.2) is 9.37 Å². The van der Waals surface area contributed by atoms with Gasteiger partial charge in [-0.2, -0.15) is 0 Å². The van der Waals surface area contributed by atoms with Gasteiger partial charge in [0.1, 0.15) is 10.6 Å². The molecule has 1 aliphatic carbocycles. The van der Waals surface area contributed by atoms with E-state index in [2.05, 4.69) is 12.2 Å². The lowest BCUT2D eigenvalue weighted by atomic mass is 9.89. The lowest BCUT2D eigenvalue weighted by molar-refractivity contribution is -0.118. The van der Waals surface area contributed by atoms with Crippen LogP contribution in [0.1, 0.15) is 36.3 Å². The molecule has 31 heavy (non-hydrogen) atoms. The third kappa shape index (κ3) is 4.85. The summed E-state index contributed by atoms with van der Waals surface area (Å²) in [7, 11) is 0. The molecule has 0 saturated heterocycles. The molecule has 4 rings (SSSR count). The van der Waals surface area contributed by atoms with Gasteiger partial charge >= 0.3 is 0 Å². The summed E-state index contributed by atoms with van der Waals surface area (Å²) in [4.78, 5) is 32.4. The first kappa shape index (κ1) is 22.0. The van der Waals surface area contributed by atoms with Crippen LogP contribution < -0.4 is 10.9 Å². The van der Waals surface area contributed by atoms with Crippen LogP contribution in [0.5, 0.6) is 0 Å². The quantitative estimate of drug-likeness (QED) is 0.425. The summed E-state index contributed by atoms with van der Waals surface area (Å²) in [6.45, 7) is 5.13. The maximum absolute atomic E-state index is 13.6. The fourth-order valence-electron chi connectivity index (χ4n) is 3.98. The zero-order chi connectivity index (χ0) is 22.0. The van der Waals surface area contributed by atoms with Crippen molar-refractivity contribution >= 4 is 39.2 Å². The van der Waals surface area contributed by atoms with Gasteiger partial charge in [-0.1, -0.05) is 30.8 Å². The number of nitrogens with zero attached hydrogens (tertiary/aromatic N) is 2. The van der Waals surface area contributed by atoms with Crippen molar-refractivity contribution in [2.45, 2.75) is 51.2 Å². The number of carbonyl (C=O) groups is 1. The number of halogens is 1. The van der Waals surface area contributed by atoms with Crippen molar-refractivity contribution in [3.8, 4) is 0 Å². The van der Waals surface area contributed by atoms with E-state index < -0.39 is 0 Å². The molecule has 2 heterocycles. The Morgan fingerprint density at radius 1 is 1.35 bits per heavy atom. The Morgan fingerprint density at radius 2 is 2.13 bits per heavy atom. The Hall–Kier alpha value is -2.19. The van der Waals surface area contributed by atoms with Crippen molar-refractivity contribution in [2.75, 3.05) is 12.3 Å². The summed E-state index contributed by atoms with van der Waals surface area (Å²) in [6.07, 6.45) is 3.58.